The van der Waals surface area contributed by atoms with Gasteiger partial charge in [0.2, 0.25) is 0 Å². The Balaban J connectivity index is 2.27. The number of rotatable bonds is 4. The lowest BCUT2D eigenvalue weighted by atomic mass is 9.99. The number of likely N-dealkylation sites (N-methyl/N-ethyl adjacent to an activating group) is 1. The second-order valence-corrected chi connectivity index (χ2v) is 6.10. The third-order valence-corrected chi connectivity index (χ3v) is 4.08. The Morgan fingerprint density at radius 1 is 1.16 bits per heavy atom. The normalized spacial score (nSPS) is 12.4. The van der Waals surface area contributed by atoms with E-state index in [1.807, 2.05) is 31.3 Å². The number of hydrogen-bond donors (Lipinski definition) is 1. The Hall–Kier alpha value is -0.540. The van der Waals surface area contributed by atoms with Crippen LogP contribution in [0.3, 0.4) is 0 Å². The van der Waals surface area contributed by atoms with Crippen molar-refractivity contribution in [3.8, 4) is 0 Å². The lowest BCUT2D eigenvalue weighted by Crippen LogP contribution is -2.19. The van der Waals surface area contributed by atoms with E-state index in [4.69, 9.17) is 23.2 Å². The minimum atomic E-state index is 0.139. The van der Waals surface area contributed by atoms with E-state index in [1.54, 1.807) is 6.07 Å². The molecule has 4 heteroatoms. The molecule has 0 aliphatic rings. The van der Waals surface area contributed by atoms with Gasteiger partial charge in [-0.15, -0.1) is 0 Å². The molecule has 19 heavy (non-hydrogen) atoms. The summed E-state index contributed by atoms with van der Waals surface area (Å²) in [6, 6.07) is 14.0. The molecule has 0 fully saturated rings. The van der Waals surface area contributed by atoms with E-state index >= 15 is 0 Å². The first-order chi connectivity index (χ1) is 9.10. The molecule has 0 bridgehead atoms. The summed E-state index contributed by atoms with van der Waals surface area (Å²) in [4.78, 5) is 0. The van der Waals surface area contributed by atoms with Gasteiger partial charge in [-0.25, -0.2) is 0 Å². The molecule has 100 valence electrons. The van der Waals surface area contributed by atoms with Gasteiger partial charge in [-0.1, -0.05) is 51.3 Å². The van der Waals surface area contributed by atoms with Crippen molar-refractivity contribution < 1.29 is 0 Å². The molecule has 2 aromatic carbocycles. The summed E-state index contributed by atoms with van der Waals surface area (Å²) >= 11 is 15.8. The van der Waals surface area contributed by atoms with Crippen molar-refractivity contribution in [1.29, 1.82) is 0 Å². The van der Waals surface area contributed by atoms with Crippen molar-refractivity contribution in [2.24, 2.45) is 0 Å². The Kier molecular flexibility index (Phi) is 5.28. The van der Waals surface area contributed by atoms with Crippen LogP contribution in [0.4, 0.5) is 0 Å². The minimum absolute atomic E-state index is 0.139. The molecule has 1 N–H and O–H groups in total. The van der Waals surface area contributed by atoms with Crippen LogP contribution in [0.5, 0.6) is 0 Å². The summed E-state index contributed by atoms with van der Waals surface area (Å²) in [5, 5.41) is 4.73. The number of halogens is 3. The molecule has 1 nitrogen and oxygen atoms in total. The molecule has 1 unspecified atom stereocenters. The van der Waals surface area contributed by atoms with Gasteiger partial charge in [0.25, 0.3) is 0 Å². The highest BCUT2D eigenvalue weighted by Gasteiger charge is 2.14. The van der Waals surface area contributed by atoms with Gasteiger partial charge < -0.3 is 5.32 Å². The fraction of sp³-hybridized carbons (Fsp3) is 0.200. The maximum Gasteiger partial charge on any atom is 0.0454 e. The standard InChI is InChI=1S/C15H14BrCl2N/c1-19-15(8-10-3-2-4-11(16)7-10)13-9-12(17)5-6-14(13)18/h2-7,9,15,19H,8H2,1H3. The van der Waals surface area contributed by atoms with Crippen LogP contribution in [-0.2, 0) is 6.42 Å². The summed E-state index contributed by atoms with van der Waals surface area (Å²) in [7, 11) is 1.93. The molecule has 0 saturated carbocycles. The fourth-order valence-corrected chi connectivity index (χ4v) is 2.93. The van der Waals surface area contributed by atoms with Crippen LogP contribution in [0.25, 0.3) is 0 Å². The zero-order valence-electron chi connectivity index (χ0n) is 10.5. The van der Waals surface area contributed by atoms with E-state index in [1.165, 1.54) is 5.56 Å². The van der Waals surface area contributed by atoms with Crippen LogP contribution in [0, 0.1) is 0 Å². The molecule has 0 radical (unpaired) electrons. The van der Waals surface area contributed by atoms with Crippen molar-refractivity contribution in [2.75, 3.05) is 7.05 Å². The number of benzene rings is 2. The molecule has 1 atom stereocenters. The average Bonchev–Trinajstić information content (AvgIpc) is 2.39. The molecule has 0 aliphatic carbocycles. The molecule has 0 amide bonds. The fourth-order valence-electron chi connectivity index (χ4n) is 2.05. The number of nitrogens with one attached hydrogen (secondary N) is 1. The van der Waals surface area contributed by atoms with Crippen LogP contribution >= 0.6 is 39.1 Å². The molecule has 0 saturated heterocycles. The Bertz CT molecular complexity index is 572. The summed E-state index contributed by atoms with van der Waals surface area (Å²) in [6.45, 7) is 0. The SMILES string of the molecule is CNC(Cc1cccc(Br)c1)c1cc(Cl)ccc1Cl. The van der Waals surface area contributed by atoms with E-state index in [0.717, 1.165) is 21.5 Å². The largest absolute Gasteiger partial charge is 0.313 e. The summed E-state index contributed by atoms with van der Waals surface area (Å²) < 4.78 is 1.08. The van der Waals surface area contributed by atoms with Gasteiger partial charge in [-0.3, -0.25) is 0 Å². The quantitative estimate of drug-likeness (QED) is 0.786. The summed E-state index contributed by atoms with van der Waals surface area (Å²) in [6.07, 6.45) is 0.857. The smallest absolute Gasteiger partial charge is 0.0454 e. The number of hydrogen-bond acceptors (Lipinski definition) is 1. The van der Waals surface area contributed by atoms with Gasteiger partial charge in [0.1, 0.15) is 0 Å². The highest BCUT2D eigenvalue weighted by atomic mass is 79.9. The van der Waals surface area contributed by atoms with Gasteiger partial charge in [0.05, 0.1) is 0 Å². The van der Waals surface area contributed by atoms with E-state index in [0.29, 0.717) is 5.02 Å². The van der Waals surface area contributed by atoms with Crippen molar-refractivity contribution in [3.63, 3.8) is 0 Å². The Morgan fingerprint density at radius 3 is 2.63 bits per heavy atom. The average molecular weight is 359 g/mol. The predicted molar refractivity (Wildman–Crippen MR) is 86.1 cm³/mol. The zero-order chi connectivity index (χ0) is 13.8. The predicted octanol–water partition coefficient (Wildman–Crippen LogP) is 5.26. The molecule has 2 rings (SSSR count). The second kappa shape index (κ2) is 6.76. The molecular weight excluding hydrogens is 345 g/mol. The monoisotopic (exact) mass is 357 g/mol. The van der Waals surface area contributed by atoms with Gasteiger partial charge in [0.15, 0.2) is 0 Å². The Morgan fingerprint density at radius 2 is 1.95 bits per heavy atom. The van der Waals surface area contributed by atoms with Gasteiger partial charge >= 0.3 is 0 Å². The minimum Gasteiger partial charge on any atom is -0.313 e. The van der Waals surface area contributed by atoms with Crippen molar-refractivity contribution in [2.45, 2.75) is 12.5 Å². The van der Waals surface area contributed by atoms with Gasteiger partial charge in [-0.05, 0) is 54.9 Å². The van der Waals surface area contributed by atoms with Crippen molar-refractivity contribution in [1.82, 2.24) is 5.32 Å². The lowest BCUT2D eigenvalue weighted by molar-refractivity contribution is 0.592. The van der Waals surface area contributed by atoms with E-state index < -0.39 is 0 Å². The molecule has 0 aliphatic heterocycles. The topological polar surface area (TPSA) is 12.0 Å². The first-order valence-corrected chi connectivity index (χ1v) is 7.51. The van der Waals surface area contributed by atoms with Gasteiger partial charge in [0, 0.05) is 20.6 Å². The maximum absolute atomic E-state index is 6.26. The first kappa shape index (κ1) is 14.9. The van der Waals surface area contributed by atoms with E-state index in [9.17, 15) is 0 Å². The van der Waals surface area contributed by atoms with E-state index in [2.05, 4.69) is 33.4 Å². The summed E-state index contributed by atoms with van der Waals surface area (Å²) in [5.41, 5.74) is 2.27. The van der Waals surface area contributed by atoms with Gasteiger partial charge in [-0.2, -0.15) is 0 Å². The third-order valence-electron chi connectivity index (χ3n) is 3.01. The first-order valence-electron chi connectivity index (χ1n) is 5.97. The second-order valence-electron chi connectivity index (χ2n) is 4.34. The summed E-state index contributed by atoms with van der Waals surface area (Å²) in [5.74, 6) is 0. The lowest BCUT2D eigenvalue weighted by Gasteiger charge is -2.18. The van der Waals surface area contributed by atoms with Crippen LogP contribution < -0.4 is 5.32 Å². The van der Waals surface area contributed by atoms with Crippen LogP contribution in [0.2, 0.25) is 10.0 Å². The molecule has 0 spiro atoms. The molecule has 0 heterocycles. The maximum atomic E-state index is 6.26. The van der Waals surface area contributed by atoms with Crippen molar-refractivity contribution in [3.05, 3.63) is 68.1 Å². The van der Waals surface area contributed by atoms with Crippen LogP contribution in [0.15, 0.2) is 46.9 Å². The van der Waals surface area contributed by atoms with Crippen molar-refractivity contribution >= 4 is 39.1 Å². The third kappa shape index (κ3) is 3.96. The van der Waals surface area contributed by atoms with Crippen LogP contribution in [-0.4, -0.2) is 7.05 Å². The van der Waals surface area contributed by atoms with Crippen LogP contribution in [0.1, 0.15) is 17.2 Å². The Labute approximate surface area is 132 Å². The highest BCUT2D eigenvalue weighted by Crippen LogP contribution is 2.28. The molecular formula is C15H14BrCl2N. The highest BCUT2D eigenvalue weighted by molar-refractivity contribution is 9.10. The molecule has 2 aromatic rings. The zero-order valence-corrected chi connectivity index (χ0v) is 13.6. The molecule has 0 aromatic heterocycles. The van der Waals surface area contributed by atoms with E-state index in [-0.39, 0.29) is 6.04 Å².